The molecule has 0 saturated heterocycles. The lowest BCUT2D eigenvalue weighted by Crippen LogP contribution is -2.06. The summed E-state index contributed by atoms with van der Waals surface area (Å²) in [4.78, 5) is 10.1. The lowest BCUT2D eigenvalue weighted by molar-refractivity contribution is -0.136. The molecule has 0 unspecified atom stereocenters. The number of rotatable bonds is 2. The second kappa shape index (κ2) is 4.85. The van der Waals surface area contributed by atoms with Crippen molar-refractivity contribution in [3.05, 3.63) is 35.1 Å². The molecule has 0 amide bonds. The van der Waals surface area contributed by atoms with Gasteiger partial charge >= 0.3 is 5.97 Å². The monoisotopic (exact) mass is 226 g/mol. The average molecular weight is 227 g/mol. The molecule has 0 atom stereocenters. The molecular weight excluding hydrogens is 221 g/mol. The summed E-state index contributed by atoms with van der Waals surface area (Å²) < 4.78 is 37.9. The average Bonchev–Trinajstić information content (AvgIpc) is 2.05. The lowest BCUT2D eigenvalue weighted by Gasteiger charge is -2.01. The SMILES string of the molecule is Cl.O=C(O)Cc1c(F)ccc(F)c1F. The minimum absolute atomic E-state index is 0. The Balaban J connectivity index is 0.00000169. The Morgan fingerprint density at radius 3 is 2.21 bits per heavy atom. The molecule has 14 heavy (non-hydrogen) atoms. The van der Waals surface area contributed by atoms with Crippen molar-refractivity contribution in [3.63, 3.8) is 0 Å². The lowest BCUT2D eigenvalue weighted by atomic mass is 10.1. The van der Waals surface area contributed by atoms with Crippen LogP contribution in [0.5, 0.6) is 0 Å². The van der Waals surface area contributed by atoms with Crippen molar-refractivity contribution in [1.29, 1.82) is 0 Å². The van der Waals surface area contributed by atoms with Crippen molar-refractivity contribution >= 4 is 18.4 Å². The van der Waals surface area contributed by atoms with Gasteiger partial charge in [-0.1, -0.05) is 0 Å². The van der Waals surface area contributed by atoms with Gasteiger partial charge in [0.2, 0.25) is 0 Å². The molecule has 1 rings (SSSR count). The molecule has 6 heteroatoms. The van der Waals surface area contributed by atoms with E-state index in [0.717, 1.165) is 0 Å². The number of carbonyl (C=O) groups is 1. The second-order valence-corrected chi connectivity index (χ2v) is 2.39. The highest BCUT2D eigenvalue weighted by molar-refractivity contribution is 5.85. The van der Waals surface area contributed by atoms with Gasteiger partial charge in [-0.25, -0.2) is 13.2 Å². The van der Waals surface area contributed by atoms with Crippen LogP contribution in [0.25, 0.3) is 0 Å². The smallest absolute Gasteiger partial charge is 0.308 e. The van der Waals surface area contributed by atoms with E-state index in [-0.39, 0.29) is 12.4 Å². The molecule has 1 N–H and O–H groups in total. The van der Waals surface area contributed by atoms with E-state index in [4.69, 9.17) is 5.11 Å². The molecule has 0 radical (unpaired) electrons. The molecule has 0 fully saturated rings. The summed E-state index contributed by atoms with van der Waals surface area (Å²) in [5.41, 5.74) is -0.757. The van der Waals surface area contributed by atoms with Crippen LogP contribution in [0, 0.1) is 17.5 Å². The Bertz CT molecular complexity index is 355. The van der Waals surface area contributed by atoms with E-state index in [1.54, 1.807) is 0 Å². The number of benzene rings is 1. The Labute approximate surface area is 83.8 Å². The van der Waals surface area contributed by atoms with Gasteiger partial charge in [0.1, 0.15) is 5.82 Å². The molecule has 0 bridgehead atoms. The molecule has 1 aromatic rings. The van der Waals surface area contributed by atoms with Crippen molar-refractivity contribution in [2.75, 3.05) is 0 Å². The highest BCUT2D eigenvalue weighted by atomic mass is 35.5. The Morgan fingerprint density at radius 1 is 1.21 bits per heavy atom. The molecule has 0 saturated carbocycles. The number of hydrogen-bond acceptors (Lipinski definition) is 1. The number of carboxylic acids is 1. The maximum absolute atomic E-state index is 12.7. The van der Waals surface area contributed by atoms with E-state index < -0.39 is 35.4 Å². The van der Waals surface area contributed by atoms with E-state index in [1.807, 2.05) is 0 Å². The van der Waals surface area contributed by atoms with Crippen molar-refractivity contribution < 1.29 is 23.1 Å². The van der Waals surface area contributed by atoms with Crippen molar-refractivity contribution in [2.24, 2.45) is 0 Å². The van der Waals surface area contributed by atoms with Crippen LogP contribution in [0.4, 0.5) is 13.2 Å². The maximum atomic E-state index is 12.7. The quantitative estimate of drug-likeness (QED) is 0.785. The summed E-state index contributed by atoms with van der Waals surface area (Å²) in [5.74, 6) is -5.16. The van der Waals surface area contributed by atoms with Crippen molar-refractivity contribution in [1.82, 2.24) is 0 Å². The van der Waals surface area contributed by atoms with Gasteiger partial charge in [-0.15, -0.1) is 12.4 Å². The van der Waals surface area contributed by atoms with Gasteiger partial charge in [0.05, 0.1) is 6.42 Å². The second-order valence-electron chi connectivity index (χ2n) is 2.39. The molecule has 0 heterocycles. The van der Waals surface area contributed by atoms with Crippen LogP contribution in [-0.4, -0.2) is 11.1 Å². The van der Waals surface area contributed by atoms with E-state index in [1.165, 1.54) is 0 Å². The summed E-state index contributed by atoms with van der Waals surface area (Å²) in [7, 11) is 0. The van der Waals surface area contributed by atoms with Gasteiger partial charge in [0, 0.05) is 5.56 Å². The summed E-state index contributed by atoms with van der Waals surface area (Å²) >= 11 is 0. The van der Waals surface area contributed by atoms with Gasteiger partial charge in [-0.2, -0.15) is 0 Å². The molecule has 1 aromatic carbocycles. The predicted octanol–water partition coefficient (Wildman–Crippen LogP) is 2.15. The van der Waals surface area contributed by atoms with Gasteiger partial charge in [-0.3, -0.25) is 4.79 Å². The van der Waals surface area contributed by atoms with E-state index >= 15 is 0 Å². The normalized spacial score (nSPS) is 9.36. The molecule has 78 valence electrons. The molecule has 0 aromatic heterocycles. The Hall–Kier alpha value is -1.23. The minimum atomic E-state index is -1.44. The summed E-state index contributed by atoms with van der Waals surface area (Å²) in [5, 5.41) is 8.25. The van der Waals surface area contributed by atoms with Crippen molar-refractivity contribution in [2.45, 2.75) is 6.42 Å². The number of halogens is 4. The first kappa shape index (κ1) is 12.8. The standard InChI is InChI=1S/C8H5F3O2.ClH/c9-5-1-2-6(10)8(11)4(5)3-7(12)13;/h1-2H,3H2,(H,12,13);1H. The van der Waals surface area contributed by atoms with Crippen LogP contribution in [-0.2, 0) is 11.2 Å². The first-order chi connectivity index (χ1) is 6.02. The summed E-state index contributed by atoms with van der Waals surface area (Å²) in [6, 6.07) is 1.30. The Morgan fingerprint density at radius 2 is 1.71 bits per heavy atom. The minimum Gasteiger partial charge on any atom is -0.481 e. The topological polar surface area (TPSA) is 37.3 Å². The van der Waals surface area contributed by atoms with Crippen LogP contribution in [0.1, 0.15) is 5.56 Å². The molecular formula is C8H6ClF3O2. The van der Waals surface area contributed by atoms with Gasteiger partial charge < -0.3 is 5.11 Å². The fourth-order valence-corrected chi connectivity index (χ4v) is 0.882. The molecule has 0 aliphatic rings. The Kier molecular flexibility index (Phi) is 4.43. The fourth-order valence-electron chi connectivity index (χ4n) is 0.882. The van der Waals surface area contributed by atoms with Crippen LogP contribution in [0.3, 0.4) is 0 Å². The molecule has 0 aliphatic heterocycles. The zero-order valence-electron chi connectivity index (χ0n) is 6.76. The summed E-state index contributed by atoms with van der Waals surface area (Å²) in [6.07, 6.45) is -0.866. The zero-order chi connectivity index (χ0) is 10.0. The molecule has 0 aliphatic carbocycles. The fraction of sp³-hybridized carbons (Fsp3) is 0.125. The van der Waals surface area contributed by atoms with E-state index in [2.05, 4.69) is 0 Å². The third-order valence-electron chi connectivity index (χ3n) is 1.47. The molecule has 2 nitrogen and oxygen atoms in total. The maximum Gasteiger partial charge on any atom is 0.308 e. The molecule has 0 spiro atoms. The van der Waals surface area contributed by atoms with Gasteiger partial charge in [0.25, 0.3) is 0 Å². The number of carboxylic acid groups (broad SMARTS) is 1. The first-order valence-electron chi connectivity index (χ1n) is 3.36. The largest absolute Gasteiger partial charge is 0.481 e. The highest BCUT2D eigenvalue weighted by Crippen LogP contribution is 2.16. The van der Waals surface area contributed by atoms with Crippen LogP contribution >= 0.6 is 12.4 Å². The van der Waals surface area contributed by atoms with Gasteiger partial charge in [-0.05, 0) is 12.1 Å². The number of aliphatic carboxylic acids is 1. The van der Waals surface area contributed by atoms with E-state index in [9.17, 15) is 18.0 Å². The zero-order valence-corrected chi connectivity index (χ0v) is 7.58. The van der Waals surface area contributed by atoms with Crippen molar-refractivity contribution in [3.8, 4) is 0 Å². The number of hydrogen-bond donors (Lipinski definition) is 1. The third kappa shape index (κ3) is 2.63. The third-order valence-corrected chi connectivity index (χ3v) is 1.47. The van der Waals surface area contributed by atoms with Gasteiger partial charge in [0.15, 0.2) is 11.6 Å². The summed E-state index contributed by atoms with van der Waals surface area (Å²) in [6.45, 7) is 0. The predicted molar refractivity (Wildman–Crippen MR) is 44.9 cm³/mol. The highest BCUT2D eigenvalue weighted by Gasteiger charge is 2.15. The van der Waals surface area contributed by atoms with Crippen LogP contribution < -0.4 is 0 Å². The first-order valence-corrected chi connectivity index (χ1v) is 3.36. The van der Waals surface area contributed by atoms with Crippen LogP contribution in [0.15, 0.2) is 12.1 Å². The van der Waals surface area contributed by atoms with E-state index in [0.29, 0.717) is 12.1 Å². The van der Waals surface area contributed by atoms with Crippen LogP contribution in [0.2, 0.25) is 0 Å².